The number of hydrogen-bond donors (Lipinski definition) is 1. The standard InChI is InChI=1S/C14H26N6/c1-6-18(7-2)9-10(4)20-13-12(16-14(20)15)11(5)17-19(13)8-3/h10H,6-9H2,1-5H3,(H2,15,16). The Morgan fingerprint density at radius 2 is 1.90 bits per heavy atom. The van der Waals surface area contributed by atoms with E-state index in [0.29, 0.717) is 5.95 Å². The van der Waals surface area contributed by atoms with Gasteiger partial charge in [0.25, 0.3) is 0 Å². The molecule has 0 bridgehead atoms. The molecule has 0 aliphatic rings. The third-order valence-corrected chi connectivity index (χ3v) is 3.93. The largest absolute Gasteiger partial charge is 0.369 e. The van der Waals surface area contributed by atoms with Gasteiger partial charge < -0.3 is 10.6 Å². The summed E-state index contributed by atoms with van der Waals surface area (Å²) < 4.78 is 4.11. The van der Waals surface area contributed by atoms with Crippen LogP contribution in [0.5, 0.6) is 0 Å². The average Bonchev–Trinajstić information content (AvgIpc) is 2.92. The fourth-order valence-electron chi connectivity index (χ4n) is 2.80. The van der Waals surface area contributed by atoms with Gasteiger partial charge in [-0.05, 0) is 33.9 Å². The van der Waals surface area contributed by atoms with Crippen LogP contribution in [0.2, 0.25) is 0 Å². The monoisotopic (exact) mass is 278 g/mol. The van der Waals surface area contributed by atoms with Crippen LogP contribution in [0, 0.1) is 6.92 Å². The Morgan fingerprint density at radius 1 is 1.25 bits per heavy atom. The van der Waals surface area contributed by atoms with E-state index < -0.39 is 0 Å². The molecule has 2 aromatic rings. The molecular weight excluding hydrogens is 252 g/mol. The second-order valence-electron chi connectivity index (χ2n) is 5.25. The Labute approximate surface area is 120 Å². The molecule has 0 saturated heterocycles. The first kappa shape index (κ1) is 14.8. The smallest absolute Gasteiger partial charge is 0.202 e. The van der Waals surface area contributed by atoms with Crippen molar-refractivity contribution >= 4 is 17.1 Å². The molecule has 0 aromatic carbocycles. The fourth-order valence-corrected chi connectivity index (χ4v) is 2.80. The summed E-state index contributed by atoms with van der Waals surface area (Å²) in [6, 6.07) is 0.279. The SMILES string of the molecule is CCN(CC)CC(C)n1c(N)nc2c(C)nn(CC)c21. The quantitative estimate of drug-likeness (QED) is 0.878. The normalized spacial score (nSPS) is 13.5. The summed E-state index contributed by atoms with van der Waals surface area (Å²) in [4.78, 5) is 6.90. The van der Waals surface area contributed by atoms with Gasteiger partial charge in [0.1, 0.15) is 5.52 Å². The summed E-state index contributed by atoms with van der Waals surface area (Å²) in [5.41, 5.74) is 9.06. The van der Waals surface area contributed by atoms with E-state index in [1.165, 1.54) is 0 Å². The van der Waals surface area contributed by atoms with Crippen molar-refractivity contribution in [2.45, 2.75) is 47.2 Å². The van der Waals surface area contributed by atoms with Crippen molar-refractivity contribution in [2.24, 2.45) is 0 Å². The van der Waals surface area contributed by atoms with Gasteiger partial charge in [-0.15, -0.1) is 0 Å². The topological polar surface area (TPSA) is 64.9 Å². The molecule has 0 radical (unpaired) electrons. The van der Waals surface area contributed by atoms with Gasteiger partial charge in [0.15, 0.2) is 5.65 Å². The minimum absolute atomic E-state index is 0.279. The minimum Gasteiger partial charge on any atom is -0.369 e. The number of imidazole rings is 1. The molecule has 6 nitrogen and oxygen atoms in total. The minimum atomic E-state index is 0.279. The summed E-state index contributed by atoms with van der Waals surface area (Å²) >= 11 is 0. The Morgan fingerprint density at radius 3 is 2.45 bits per heavy atom. The van der Waals surface area contributed by atoms with E-state index in [2.05, 4.69) is 47.2 Å². The predicted molar refractivity (Wildman–Crippen MR) is 82.8 cm³/mol. The van der Waals surface area contributed by atoms with Gasteiger partial charge >= 0.3 is 0 Å². The van der Waals surface area contributed by atoms with Gasteiger partial charge in [0.2, 0.25) is 5.95 Å². The lowest BCUT2D eigenvalue weighted by molar-refractivity contribution is 0.263. The lowest BCUT2D eigenvalue weighted by atomic mass is 10.3. The number of aromatic nitrogens is 4. The van der Waals surface area contributed by atoms with Gasteiger partial charge in [-0.1, -0.05) is 13.8 Å². The summed E-state index contributed by atoms with van der Waals surface area (Å²) in [7, 11) is 0. The summed E-state index contributed by atoms with van der Waals surface area (Å²) in [6.45, 7) is 14.5. The second kappa shape index (κ2) is 5.83. The molecule has 2 heterocycles. The van der Waals surface area contributed by atoms with Gasteiger partial charge in [0.05, 0.1) is 5.69 Å². The molecule has 0 aliphatic heterocycles. The fraction of sp³-hybridized carbons (Fsp3) is 0.714. The Hall–Kier alpha value is -1.56. The van der Waals surface area contributed by atoms with Crippen LogP contribution >= 0.6 is 0 Å². The number of nitrogens with zero attached hydrogens (tertiary/aromatic N) is 5. The first-order chi connectivity index (χ1) is 9.53. The molecule has 0 aliphatic carbocycles. The first-order valence-corrected chi connectivity index (χ1v) is 7.46. The van der Waals surface area contributed by atoms with Crippen molar-refractivity contribution in [3.8, 4) is 0 Å². The maximum Gasteiger partial charge on any atom is 0.202 e. The van der Waals surface area contributed by atoms with Crippen LogP contribution < -0.4 is 5.73 Å². The van der Waals surface area contributed by atoms with Gasteiger partial charge in [-0.3, -0.25) is 4.57 Å². The lowest BCUT2D eigenvalue weighted by Crippen LogP contribution is -2.30. The molecular formula is C14H26N6. The zero-order valence-corrected chi connectivity index (χ0v) is 13.2. The van der Waals surface area contributed by atoms with Crippen LogP contribution in [-0.2, 0) is 6.54 Å². The van der Waals surface area contributed by atoms with Crippen LogP contribution in [0.25, 0.3) is 11.2 Å². The van der Waals surface area contributed by atoms with Crippen molar-refractivity contribution in [3.63, 3.8) is 0 Å². The van der Waals surface area contributed by atoms with E-state index in [1.807, 2.05) is 11.6 Å². The number of hydrogen-bond acceptors (Lipinski definition) is 4. The molecule has 6 heteroatoms. The molecule has 0 amide bonds. The average molecular weight is 278 g/mol. The van der Waals surface area contributed by atoms with Gasteiger partial charge in [-0.2, -0.15) is 5.10 Å². The number of rotatable bonds is 6. The van der Waals surface area contributed by atoms with Gasteiger partial charge in [-0.25, -0.2) is 9.67 Å². The molecule has 0 fully saturated rings. The number of nitrogen functional groups attached to an aromatic ring is 1. The van der Waals surface area contributed by atoms with Crippen molar-refractivity contribution in [1.29, 1.82) is 0 Å². The van der Waals surface area contributed by atoms with E-state index in [-0.39, 0.29) is 6.04 Å². The maximum absolute atomic E-state index is 6.14. The van der Waals surface area contributed by atoms with Crippen molar-refractivity contribution in [1.82, 2.24) is 24.2 Å². The summed E-state index contributed by atoms with van der Waals surface area (Å²) in [6.07, 6.45) is 0. The second-order valence-corrected chi connectivity index (χ2v) is 5.25. The Kier molecular flexibility index (Phi) is 4.32. The number of aryl methyl sites for hydroxylation is 2. The molecule has 2 rings (SSSR count). The van der Waals surface area contributed by atoms with E-state index >= 15 is 0 Å². The summed E-state index contributed by atoms with van der Waals surface area (Å²) in [5, 5.41) is 4.54. The third kappa shape index (κ3) is 2.40. The molecule has 20 heavy (non-hydrogen) atoms. The number of fused-ring (bicyclic) bond motifs is 1. The molecule has 1 unspecified atom stereocenters. The molecule has 1 atom stereocenters. The zero-order valence-electron chi connectivity index (χ0n) is 13.2. The van der Waals surface area contributed by atoms with Crippen LogP contribution in [0.15, 0.2) is 0 Å². The third-order valence-electron chi connectivity index (χ3n) is 3.93. The zero-order chi connectivity index (χ0) is 14.9. The predicted octanol–water partition coefficient (Wildman–Crippen LogP) is 2.05. The first-order valence-electron chi connectivity index (χ1n) is 7.46. The molecule has 0 saturated carbocycles. The number of nitrogens with two attached hydrogens (primary N) is 1. The van der Waals surface area contributed by atoms with Crippen molar-refractivity contribution in [2.75, 3.05) is 25.4 Å². The highest BCUT2D eigenvalue weighted by Crippen LogP contribution is 2.25. The van der Waals surface area contributed by atoms with E-state index in [4.69, 9.17) is 5.73 Å². The van der Waals surface area contributed by atoms with E-state index in [0.717, 1.165) is 43.0 Å². The van der Waals surface area contributed by atoms with E-state index in [1.54, 1.807) is 0 Å². The van der Waals surface area contributed by atoms with Crippen LogP contribution in [0.3, 0.4) is 0 Å². The highest BCUT2D eigenvalue weighted by atomic mass is 15.4. The van der Waals surface area contributed by atoms with Gasteiger partial charge in [0, 0.05) is 19.1 Å². The number of anilines is 1. The van der Waals surface area contributed by atoms with Crippen LogP contribution in [-0.4, -0.2) is 43.9 Å². The molecule has 2 aromatic heterocycles. The molecule has 2 N–H and O–H groups in total. The van der Waals surface area contributed by atoms with Crippen molar-refractivity contribution in [3.05, 3.63) is 5.69 Å². The van der Waals surface area contributed by atoms with Crippen molar-refractivity contribution < 1.29 is 0 Å². The highest BCUT2D eigenvalue weighted by molar-refractivity contribution is 5.77. The Bertz CT molecular complexity index is 578. The molecule has 112 valence electrons. The number of likely N-dealkylation sites (N-methyl/N-ethyl adjacent to an activating group) is 1. The Balaban J connectivity index is 2.44. The maximum atomic E-state index is 6.14. The molecule has 0 spiro atoms. The highest BCUT2D eigenvalue weighted by Gasteiger charge is 2.21. The lowest BCUT2D eigenvalue weighted by Gasteiger charge is -2.24. The summed E-state index contributed by atoms with van der Waals surface area (Å²) in [5.74, 6) is 0.586. The van der Waals surface area contributed by atoms with Crippen LogP contribution in [0.1, 0.15) is 39.4 Å². The van der Waals surface area contributed by atoms with E-state index in [9.17, 15) is 0 Å². The van der Waals surface area contributed by atoms with Crippen LogP contribution in [0.4, 0.5) is 5.95 Å².